The largest absolute Gasteiger partial charge is 0.264 e. The van der Waals surface area contributed by atoms with E-state index >= 15 is 0 Å². The van der Waals surface area contributed by atoms with Crippen LogP contribution in [0.1, 0.15) is 23.2 Å². The van der Waals surface area contributed by atoms with Gasteiger partial charge in [-0.25, -0.2) is 13.8 Å². The summed E-state index contributed by atoms with van der Waals surface area (Å²) in [6, 6.07) is 2.74. The lowest BCUT2D eigenvalue weighted by Crippen LogP contribution is -1.95. The predicted molar refractivity (Wildman–Crippen MR) is 43.5 cm³/mol. The van der Waals surface area contributed by atoms with Crippen LogP contribution in [0.25, 0.3) is 0 Å². The van der Waals surface area contributed by atoms with Gasteiger partial charge in [-0.2, -0.15) is 5.26 Å². The van der Waals surface area contributed by atoms with Crippen molar-refractivity contribution in [2.45, 2.75) is 12.3 Å². The average Bonchev–Trinajstić information content (AvgIpc) is 2.16. The van der Waals surface area contributed by atoms with Gasteiger partial charge in [-0.05, 0) is 11.6 Å². The quantitative estimate of drug-likeness (QED) is 0.692. The normalized spacial score (nSPS) is 10.1. The molecule has 0 saturated heterocycles. The fourth-order valence-corrected chi connectivity index (χ4v) is 1.10. The molecule has 0 unspecified atom stereocenters. The number of rotatable bonds is 2. The Morgan fingerprint density at radius 1 is 1.62 bits per heavy atom. The molecule has 5 heteroatoms. The summed E-state index contributed by atoms with van der Waals surface area (Å²) in [7, 11) is 0. The number of hydrogen-bond donors (Lipinski definition) is 0. The monoisotopic (exact) mass is 202 g/mol. The number of aromatic nitrogens is 1. The third kappa shape index (κ3) is 2.13. The van der Waals surface area contributed by atoms with E-state index in [1.54, 1.807) is 6.07 Å². The van der Waals surface area contributed by atoms with E-state index in [1.807, 2.05) is 0 Å². The fraction of sp³-hybridized carbons (Fsp3) is 0.250. The highest BCUT2D eigenvalue weighted by atomic mass is 35.5. The van der Waals surface area contributed by atoms with Gasteiger partial charge in [0.05, 0.1) is 0 Å². The highest BCUT2D eigenvalue weighted by molar-refractivity contribution is 6.17. The van der Waals surface area contributed by atoms with Crippen molar-refractivity contribution in [2.75, 3.05) is 0 Å². The van der Waals surface area contributed by atoms with Crippen molar-refractivity contribution in [3.8, 4) is 6.07 Å². The van der Waals surface area contributed by atoms with Crippen molar-refractivity contribution >= 4 is 11.6 Å². The molecule has 0 radical (unpaired) electrons. The summed E-state index contributed by atoms with van der Waals surface area (Å²) in [5.41, 5.74) is 0.0152. The van der Waals surface area contributed by atoms with Gasteiger partial charge < -0.3 is 0 Å². The Bertz CT molecular complexity index is 346. The van der Waals surface area contributed by atoms with Gasteiger partial charge in [0.2, 0.25) is 0 Å². The second kappa shape index (κ2) is 4.15. The number of pyridine rings is 1. The molecule has 0 atom stereocenters. The van der Waals surface area contributed by atoms with E-state index in [-0.39, 0.29) is 22.7 Å². The second-order valence-corrected chi connectivity index (χ2v) is 2.58. The van der Waals surface area contributed by atoms with Gasteiger partial charge >= 0.3 is 0 Å². The van der Waals surface area contributed by atoms with Crippen LogP contribution in [0, 0.1) is 11.3 Å². The molecule has 1 heterocycles. The highest BCUT2D eigenvalue weighted by Gasteiger charge is 2.13. The molecule has 1 rings (SSSR count). The molecule has 0 bridgehead atoms. The lowest BCUT2D eigenvalue weighted by molar-refractivity contribution is 0.150. The minimum atomic E-state index is -2.62. The van der Waals surface area contributed by atoms with Gasteiger partial charge in [0.25, 0.3) is 6.43 Å². The lowest BCUT2D eigenvalue weighted by atomic mass is 10.1. The first-order chi connectivity index (χ1) is 6.19. The summed E-state index contributed by atoms with van der Waals surface area (Å²) < 4.78 is 24.7. The minimum Gasteiger partial charge on any atom is -0.245 e. The number of nitriles is 1. The molecule has 0 N–H and O–H groups in total. The van der Waals surface area contributed by atoms with Gasteiger partial charge in [0.1, 0.15) is 11.8 Å². The zero-order valence-corrected chi connectivity index (χ0v) is 7.22. The predicted octanol–water partition coefficient (Wildman–Crippen LogP) is 2.63. The Hall–Kier alpha value is -1.21. The molecule has 68 valence electrons. The van der Waals surface area contributed by atoms with Crippen molar-refractivity contribution < 1.29 is 8.78 Å². The van der Waals surface area contributed by atoms with Crippen LogP contribution >= 0.6 is 11.6 Å². The summed E-state index contributed by atoms with van der Waals surface area (Å²) in [5, 5.41) is 8.42. The van der Waals surface area contributed by atoms with Crippen LogP contribution in [0.3, 0.4) is 0 Å². The average molecular weight is 203 g/mol. The minimum absolute atomic E-state index is 0.0239. The van der Waals surface area contributed by atoms with Crippen molar-refractivity contribution in [2.24, 2.45) is 0 Å². The molecule has 0 aliphatic rings. The van der Waals surface area contributed by atoms with Gasteiger partial charge in [-0.3, -0.25) is 0 Å². The van der Waals surface area contributed by atoms with Crippen molar-refractivity contribution in [3.63, 3.8) is 0 Å². The number of hydrogen-bond acceptors (Lipinski definition) is 2. The third-order valence-electron chi connectivity index (χ3n) is 1.52. The first-order valence-electron chi connectivity index (χ1n) is 3.42. The molecule has 1 aromatic heterocycles. The van der Waals surface area contributed by atoms with E-state index in [4.69, 9.17) is 16.9 Å². The van der Waals surface area contributed by atoms with Gasteiger partial charge in [-0.15, -0.1) is 11.6 Å². The Balaban J connectivity index is 3.20. The van der Waals surface area contributed by atoms with Crippen LogP contribution in [0.5, 0.6) is 0 Å². The Morgan fingerprint density at radius 2 is 2.31 bits per heavy atom. The highest BCUT2D eigenvalue weighted by Crippen LogP contribution is 2.23. The summed E-state index contributed by atoms with van der Waals surface area (Å²) in [6.07, 6.45) is -1.42. The van der Waals surface area contributed by atoms with Gasteiger partial charge in [0.15, 0.2) is 0 Å². The molecule has 0 aromatic carbocycles. The molecule has 0 aliphatic carbocycles. The van der Waals surface area contributed by atoms with Gasteiger partial charge in [-0.1, -0.05) is 0 Å². The molecule has 2 nitrogen and oxygen atoms in total. The SMILES string of the molecule is N#Cc1cc(C(F)F)c(CCl)cn1. The van der Waals surface area contributed by atoms with Crippen LogP contribution in [-0.4, -0.2) is 4.98 Å². The second-order valence-electron chi connectivity index (χ2n) is 2.31. The standard InChI is InChI=1S/C8H5ClF2N2/c9-2-5-4-13-6(3-12)1-7(5)8(10)11/h1,4,8H,2H2. The van der Waals surface area contributed by atoms with E-state index in [2.05, 4.69) is 4.98 Å². The lowest BCUT2D eigenvalue weighted by Gasteiger charge is -2.04. The summed E-state index contributed by atoms with van der Waals surface area (Å²) >= 11 is 5.42. The van der Waals surface area contributed by atoms with Crippen molar-refractivity contribution in [3.05, 3.63) is 29.1 Å². The zero-order valence-electron chi connectivity index (χ0n) is 6.47. The molecular formula is C8H5ClF2N2. The summed E-state index contributed by atoms with van der Waals surface area (Å²) in [5.74, 6) is -0.0294. The first kappa shape index (κ1) is 9.87. The van der Waals surface area contributed by atoms with Crippen molar-refractivity contribution in [1.82, 2.24) is 4.98 Å². The molecule has 0 amide bonds. The molecule has 13 heavy (non-hydrogen) atoms. The van der Waals surface area contributed by atoms with Crippen LogP contribution < -0.4 is 0 Å². The van der Waals surface area contributed by atoms with E-state index < -0.39 is 6.43 Å². The smallest absolute Gasteiger partial charge is 0.245 e. The van der Waals surface area contributed by atoms with Crippen LogP contribution in [0.15, 0.2) is 12.3 Å². The number of nitrogens with zero attached hydrogens (tertiary/aromatic N) is 2. The summed E-state index contributed by atoms with van der Waals surface area (Å²) in [4.78, 5) is 3.63. The number of alkyl halides is 3. The molecule has 0 spiro atoms. The van der Waals surface area contributed by atoms with E-state index in [9.17, 15) is 8.78 Å². The van der Waals surface area contributed by atoms with E-state index in [1.165, 1.54) is 6.20 Å². The summed E-state index contributed by atoms with van der Waals surface area (Å²) in [6.45, 7) is 0. The molecule has 0 fully saturated rings. The Labute approximate surface area is 78.8 Å². The van der Waals surface area contributed by atoms with Crippen LogP contribution in [0.2, 0.25) is 0 Å². The maximum absolute atomic E-state index is 12.3. The fourth-order valence-electron chi connectivity index (χ4n) is 0.875. The third-order valence-corrected chi connectivity index (χ3v) is 1.80. The van der Waals surface area contributed by atoms with Crippen LogP contribution in [0.4, 0.5) is 8.78 Å². The molecular weight excluding hydrogens is 198 g/mol. The molecule has 0 saturated carbocycles. The molecule has 0 aliphatic heterocycles. The Morgan fingerprint density at radius 3 is 2.77 bits per heavy atom. The topological polar surface area (TPSA) is 36.7 Å². The first-order valence-corrected chi connectivity index (χ1v) is 3.95. The van der Waals surface area contributed by atoms with Crippen molar-refractivity contribution in [1.29, 1.82) is 5.26 Å². The van der Waals surface area contributed by atoms with Gasteiger partial charge in [0, 0.05) is 17.6 Å². The van der Waals surface area contributed by atoms with E-state index in [0.29, 0.717) is 0 Å². The van der Waals surface area contributed by atoms with E-state index in [0.717, 1.165) is 6.07 Å². The molecule has 1 aromatic rings. The Kier molecular flexibility index (Phi) is 3.15. The number of halogens is 3. The zero-order chi connectivity index (χ0) is 9.84. The maximum Gasteiger partial charge on any atom is 0.264 e. The van der Waals surface area contributed by atoms with Crippen LogP contribution in [-0.2, 0) is 5.88 Å². The maximum atomic E-state index is 12.3.